The summed E-state index contributed by atoms with van der Waals surface area (Å²) in [5.41, 5.74) is 3.62. The Morgan fingerprint density at radius 1 is 1.25 bits per heavy atom. The highest BCUT2D eigenvalue weighted by molar-refractivity contribution is 6.30. The molecular formula is C16H18ClN3. The zero-order valence-corrected chi connectivity index (χ0v) is 12.7. The van der Waals surface area contributed by atoms with Gasteiger partial charge < -0.3 is 4.90 Å². The Morgan fingerprint density at radius 3 is 2.75 bits per heavy atom. The highest BCUT2D eigenvalue weighted by atomic mass is 35.5. The van der Waals surface area contributed by atoms with Crippen molar-refractivity contribution in [2.75, 3.05) is 4.90 Å². The van der Waals surface area contributed by atoms with Crippen LogP contribution < -0.4 is 4.90 Å². The molecule has 1 aromatic carbocycles. The molecule has 0 bridgehead atoms. The Hall–Kier alpha value is -1.61. The number of fused-ring (bicyclic) bond motifs is 1. The fourth-order valence-corrected chi connectivity index (χ4v) is 3.29. The summed E-state index contributed by atoms with van der Waals surface area (Å²) in [6.45, 7) is 6.47. The lowest BCUT2D eigenvalue weighted by Gasteiger charge is -2.27. The second-order valence-electron chi connectivity index (χ2n) is 5.61. The molecule has 0 fully saturated rings. The van der Waals surface area contributed by atoms with E-state index in [0.29, 0.717) is 17.1 Å². The quantitative estimate of drug-likeness (QED) is 0.770. The van der Waals surface area contributed by atoms with Crippen LogP contribution in [0.1, 0.15) is 37.8 Å². The van der Waals surface area contributed by atoms with Crippen molar-refractivity contribution in [1.29, 1.82) is 0 Å². The van der Waals surface area contributed by atoms with Crippen LogP contribution in [-0.2, 0) is 6.42 Å². The number of nitrogens with zero attached hydrogens (tertiary/aromatic N) is 3. The molecule has 20 heavy (non-hydrogen) atoms. The highest BCUT2D eigenvalue weighted by Crippen LogP contribution is 2.41. The van der Waals surface area contributed by atoms with E-state index in [1.807, 2.05) is 0 Å². The van der Waals surface area contributed by atoms with Gasteiger partial charge in [-0.1, -0.05) is 43.6 Å². The van der Waals surface area contributed by atoms with Gasteiger partial charge in [0.1, 0.15) is 17.3 Å². The van der Waals surface area contributed by atoms with Crippen LogP contribution >= 0.6 is 11.6 Å². The van der Waals surface area contributed by atoms with E-state index in [1.165, 1.54) is 11.3 Å². The maximum atomic E-state index is 6.30. The maximum absolute atomic E-state index is 6.30. The van der Waals surface area contributed by atoms with Crippen LogP contribution in [0.3, 0.4) is 0 Å². The van der Waals surface area contributed by atoms with E-state index < -0.39 is 0 Å². The summed E-state index contributed by atoms with van der Waals surface area (Å²) in [4.78, 5) is 11.0. The second kappa shape index (κ2) is 5.06. The largest absolute Gasteiger partial charge is 0.323 e. The lowest BCUT2D eigenvalue weighted by Crippen LogP contribution is -2.26. The predicted molar refractivity (Wildman–Crippen MR) is 82.9 cm³/mol. The van der Waals surface area contributed by atoms with E-state index in [0.717, 1.165) is 17.8 Å². The fourth-order valence-electron chi connectivity index (χ4n) is 2.94. The van der Waals surface area contributed by atoms with Crippen LogP contribution in [0.15, 0.2) is 30.6 Å². The molecule has 0 N–H and O–H groups in total. The number of aromatic nitrogens is 2. The van der Waals surface area contributed by atoms with Crippen LogP contribution in [0.2, 0.25) is 5.15 Å². The molecule has 0 saturated heterocycles. The third kappa shape index (κ3) is 2.06. The van der Waals surface area contributed by atoms with Crippen LogP contribution in [0, 0.1) is 0 Å². The molecule has 1 aliphatic heterocycles. The molecule has 1 aromatic heterocycles. The van der Waals surface area contributed by atoms with Gasteiger partial charge >= 0.3 is 0 Å². The average molecular weight is 288 g/mol. The van der Waals surface area contributed by atoms with Gasteiger partial charge in [-0.05, 0) is 30.9 Å². The Labute approximate surface area is 124 Å². The van der Waals surface area contributed by atoms with Crippen molar-refractivity contribution in [2.24, 2.45) is 0 Å². The van der Waals surface area contributed by atoms with E-state index in [1.54, 1.807) is 6.33 Å². The van der Waals surface area contributed by atoms with E-state index in [2.05, 4.69) is 59.9 Å². The number of hydrogen-bond donors (Lipinski definition) is 0. The van der Waals surface area contributed by atoms with Crippen LogP contribution in [0.4, 0.5) is 11.5 Å². The van der Waals surface area contributed by atoms with Crippen molar-refractivity contribution in [3.8, 4) is 0 Å². The first-order valence-electron chi connectivity index (χ1n) is 6.97. The lowest BCUT2D eigenvalue weighted by molar-refractivity contribution is 0.734. The van der Waals surface area contributed by atoms with E-state index in [4.69, 9.17) is 11.6 Å². The number of benzene rings is 1. The first kappa shape index (κ1) is 13.4. The minimum atomic E-state index is 0.290. The third-order valence-electron chi connectivity index (χ3n) is 3.83. The Kier molecular flexibility index (Phi) is 3.38. The Morgan fingerprint density at radius 2 is 2.00 bits per heavy atom. The summed E-state index contributed by atoms with van der Waals surface area (Å²) in [7, 11) is 0. The molecule has 3 nitrogen and oxygen atoms in total. The Bertz CT molecular complexity index is 639. The molecule has 2 heterocycles. The number of halogens is 1. The standard InChI is InChI=1S/C16H18ClN3/c1-10(2)14-15(17)18-9-19-16(14)20-11(3)8-12-6-4-5-7-13(12)20/h4-7,9-11H,8H2,1-3H3. The summed E-state index contributed by atoms with van der Waals surface area (Å²) in [6.07, 6.45) is 2.59. The first-order valence-corrected chi connectivity index (χ1v) is 7.35. The molecule has 0 saturated carbocycles. The summed E-state index contributed by atoms with van der Waals surface area (Å²) in [5, 5.41) is 0.557. The molecule has 0 radical (unpaired) electrons. The van der Waals surface area contributed by atoms with E-state index >= 15 is 0 Å². The zero-order chi connectivity index (χ0) is 14.3. The van der Waals surface area contributed by atoms with Gasteiger partial charge in [-0.15, -0.1) is 0 Å². The number of anilines is 2. The molecule has 0 spiro atoms. The average Bonchev–Trinajstić information content (AvgIpc) is 2.73. The highest BCUT2D eigenvalue weighted by Gasteiger charge is 2.30. The maximum Gasteiger partial charge on any atom is 0.141 e. The number of hydrogen-bond acceptors (Lipinski definition) is 3. The van der Waals surface area contributed by atoms with Gasteiger partial charge in [0.15, 0.2) is 0 Å². The van der Waals surface area contributed by atoms with Gasteiger partial charge in [0.2, 0.25) is 0 Å². The van der Waals surface area contributed by atoms with Gasteiger partial charge in [-0.25, -0.2) is 9.97 Å². The molecular weight excluding hydrogens is 270 g/mol. The summed E-state index contributed by atoms with van der Waals surface area (Å²) in [6, 6.07) is 8.88. The minimum Gasteiger partial charge on any atom is -0.323 e. The third-order valence-corrected chi connectivity index (χ3v) is 4.13. The van der Waals surface area contributed by atoms with Gasteiger partial charge in [0.05, 0.1) is 0 Å². The fraction of sp³-hybridized carbons (Fsp3) is 0.375. The molecule has 1 atom stereocenters. The number of rotatable bonds is 2. The topological polar surface area (TPSA) is 29.0 Å². The predicted octanol–water partition coefficient (Wildman–Crippen LogP) is 4.34. The molecule has 2 aromatic rings. The molecule has 3 rings (SSSR count). The van der Waals surface area contributed by atoms with Gasteiger partial charge in [-0.3, -0.25) is 0 Å². The molecule has 104 valence electrons. The molecule has 1 aliphatic rings. The molecule has 0 amide bonds. The van der Waals surface area contributed by atoms with Crippen molar-refractivity contribution in [3.63, 3.8) is 0 Å². The van der Waals surface area contributed by atoms with E-state index in [9.17, 15) is 0 Å². The van der Waals surface area contributed by atoms with Gasteiger partial charge in [0, 0.05) is 17.3 Å². The van der Waals surface area contributed by atoms with Crippen molar-refractivity contribution >= 4 is 23.1 Å². The van der Waals surface area contributed by atoms with Crippen molar-refractivity contribution in [2.45, 2.75) is 39.2 Å². The first-order chi connectivity index (χ1) is 9.59. The lowest BCUT2D eigenvalue weighted by atomic mass is 10.1. The molecule has 1 unspecified atom stereocenters. The molecule has 0 aliphatic carbocycles. The van der Waals surface area contributed by atoms with Crippen LogP contribution in [-0.4, -0.2) is 16.0 Å². The minimum absolute atomic E-state index is 0.290. The number of para-hydroxylation sites is 1. The van der Waals surface area contributed by atoms with Crippen LogP contribution in [0.5, 0.6) is 0 Å². The van der Waals surface area contributed by atoms with Crippen molar-refractivity contribution in [1.82, 2.24) is 9.97 Å². The van der Waals surface area contributed by atoms with Crippen LogP contribution in [0.25, 0.3) is 0 Å². The smallest absolute Gasteiger partial charge is 0.141 e. The summed E-state index contributed by atoms with van der Waals surface area (Å²) in [5.74, 6) is 1.23. The normalized spacial score (nSPS) is 17.6. The summed E-state index contributed by atoms with van der Waals surface area (Å²) < 4.78 is 0. The van der Waals surface area contributed by atoms with E-state index in [-0.39, 0.29) is 0 Å². The van der Waals surface area contributed by atoms with Crippen molar-refractivity contribution in [3.05, 3.63) is 46.9 Å². The van der Waals surface area contributed by atoms with Gasteiger partial charge in [0.25, 0.3) is 0 Å². The molecule has 4 heteroatoms. The van der Waals surface area contributed by atoms with Crippen molar-refractivity contribution < 1.29 is 0 Å². The monoisotopic (exact) mass is 287 g/mol. The Balaban J connectivity index is 2.17. The summed E-state index contributed by atoms with van der Waals surface area (Å²) >= 11 is 6.30. The SMILES string of the molecule is CC(C)c1c(Cl)ncnc1N1c2ccccc2CC1C. The van der Waals surface area contributed by atoms with Gasteiger partial charge in [-0.2, -0.15) is 0 Å². The zero-order valence-electron chi connectivity index (χ0n) is 12.0. The second-order valence-corrected chi connectivity index (χ2v) is 5.97.